The van der Waals surface area contributed by atoms with Crippen molar-refractivity contribution in [3.8, 4) is 0 Å². The van der Waals surface area contributed by atoms with E-state index in [1.54, 1.807) is 17.8 Å². The lowest BCUT2D eigenvalue weighted by Crippen LogP contribution is -2.47. The standard InChI is InChI=1S/C17H23NO5S/c19-16-14-3-1-2-4-15(14)17(20)13-24-12-11-23-10-9-22-8-7-21-6-5-18(16)17/h1-4,20H,5-13H2. The Kier molecular flexibility index (Phi) is 6.13. The largest absolute Gasteiger partial charge is 0.378 e. The second-order valence-corrected chi connectivity index (χ2v) is 6.81. The first-order valence-corrected chi connectivity index (χ1v) is 9.34. The van der Waals surface area contributed by atoms with Crippen LogP contribution in [0.3, 0.4) is 0 Å². The van der Waals surface area contributed by atoms with Crippen molar-refractivity contribution < 1.29 is 24.1 Å². The molecule has 1 saturated heterocycles. The number of ether oxygens (including phenoxy) is 3. The van der Waals surface area contributed by atoms with Crippen LogP contribution in [-0.2, 0) is 19.9 Å². The second-order valence-electron chi connectivity index (χ2n) is 5.71. The van der Waals surface area contributed by atoms with Crippen LogP contribution in [0, 0.1) is 0 Å². The average Bonchev–Trinajstić information content (AvgIpc) is 2.80. The van der Waals surface area contributed by atoms with E-state index in [1.165, 1.54) is 4.90 Å². The van der Waals surface area contributed by atoms with E-state index >= 15 is 0 Å². The number of thioether (sulfide) groups is 1. The summed E-state index contributed by atoms with van der Waals surface area (Å²) in [5.74, 6) is 1.02. The van der Waals surface area contributed by atoms with Gasteiger partial charge in [-0.1, -0.05) is 18.2 Å². The summed E-state index contributed by atoms with van der Waals surface area (Å²) in [4.78, 5) is 14.2. The predicted molar refractivity (Wildman–Crippen MR) is 91.2 cm³/mol. The van der Waals surface area contributed by atoms with Gasteiger partial charge in [0.1, 0.15) is 0 Å². The topological polar surface area (TPSA) is 68.2 Å². The van der Waals surface area contributed by atoms with E-state index in [-0.39, 0.29) is 5.91 Å². The molecule has 6 nitrogen and oxygen atoms in total. The number of fused-ring (bicyclic) bond motifs is 3. The summed E-state index contributed by atoms with van der Waals surface area (Å²) in [6.45, 7) is 3.37. The number of amides is 1. The van der Waals surface area contributed by atoms with Crippen molar-refractivity contribution in [1.29, 1.82) is 0 Å². The van der Waals surface area contributed by atoms with E-state index in [9.17, 15) is 9.90 Å². The first-order chi connectivity index (χ1) is 11.7. The van der Waals surface area contributed by atoms with Gasteiger partial charge in [0.2, 0.25) is 0 Å². The summed E-state index contributed by atoms with van der Waals surface area (Å²) >= 11 is 1.58. The normalized spacial score (nSPS) is 27.0. The molecule has 0 radical (unpaired) electrons. The molecule has 0 aromatic heterocycles. The summed E-state index contributed by atoms with van der Waals surface area (Å²) in [7, 11) is 0. The maximum absolute atomic E-state index is 12.7. The Morgan fingerprint density at radius 1 is 1.00 bits per heavy atom. The predicted octanol–water partition coefficient (Wildman–Crippen LogP) is 1.08. The number of nitrogens with zero attached hydrogens (tertiary/aromatic N) is 1. The van der Waals surface area contributed by atoms with Gasteiger partial charge >= 0.3 is 0 Å². The van der Waals surface area contributed by atoms with Gasteiger partial charge in [0, 0.05) is 29.2 Å². The fourth-order valence-corrected chi connectivity index (χ4v) is 3.93. The van der Waals surface area contributed by atoms with E-state index in [4.69, 9.17) is 14.2 Å². The molecule has 0 spiro atoms. The molecule has 2 aliphatic rings. The quantitative estimate of drug-likeness (QED) is 0.753. The lowest BCUT2D eigenvalue weighted by molar-refractivity contribution is -0.0744. The number of carbonyl (C=O) groups excluding carboxylic acids is 1. The van der Waals surface area contributed by atoms with E-state index in [0.29, 0.717) is 63.1 Å². The van der Waals surface area contributed by atoms with Gasteiger partial charge in [-0.25, -0.2) is 0 Å². The molecular formula is C17H23NO5S. The van der Waals surface area contributed by atoms with Gasteiger partial charge in [-0.3, -0.25) is 4.79 Å². The molecule has 1 aromatic rings. The minimum absolute atomic E-state index is 0.144. The molecule has 7 heteroatoms. The lowest BCUT2D eigenvalue weighted by Gasteiger charge is -2.34. The van der Waals surface area contributed by atoms with Crippen LogP contribution in [-0.4, -0.2) is 73.6 Å². The van der Waals surface area contributed by atoms with Crippen LogP contribution in [0.25, 0.3) is 0 Å². The van der Waals surface area contributed by atoms with Crippen molar-refractivity contribution in [2.75, 3.05) is 57.7 Å². The van der Waals surface area contributed by atoms with E-state index in [2.05, 4.69) is 0 Å². The zero-order valence-corrected chi connectivity index (χ0v) is 14.4. The van der Waals surface area contributed by atoms with Crippen LogP contribution >= 0.6 is 11.8 Å². The maximum Gasteiger partial charge on any atom is 0.256 e. The summed E-state index contributed by atoms with van der Waals surface area (Å²) in [5.41, 5.74) is -0.0457. The Morgan fingerprint density at radius 2 is 1.67 bits per heavy atom. The second kappa shape index (κ2) is 8.31. The fraction of sp³-hybridized carbons (Fsp3) is 0.588. The molecule has 1 amide bonds. The molecule has 0 aliphatic carbocycles. The highest BCUT2D eigenvalue weighted by Crippen LogP contribution is 2.39. The van der Waals surface area contributed by atoms with E-state index in [1.807, 2.05) is 18.2 Å². The van der Waals surface area contributed by atoms with Gasteiger partial charge in [-0.15, -0.1) is 0 Å². The highest BCUT2D eigenvalue weighted by Gasteiger charge is 2.47. The molecule has 1 atom stereocenters. The third kappa shape index (κ3) is 3.75. The van der Waals surface area contributed by atoms with Crippen molar-refractivity contribution in [2.24, 2.45) is 0 Å². The van der Waals surface area contributed by atoms with Crippen molar-refractivity contribution >= 4 is 17.7 Å². The summed E-state index contributed by atoms with van der Waals surface area (Å²) < 4.78 is 16.4. The SMILES string of the molecule is O=C1c2ccccc2C2(O)CSCCOCCOCCOCCN12. The van der Waals surface area contributed by atoms with Crippen LogP contribution in [0.4, 0.5) is 0 Å². The van der Waals surface area contributed by atoms with Crippen LogP contribution in [0.5, 0.6) is 0 Å². The summed E-state index contributed by atoms with van der Waals surface area (Å²) in [5, 5.41) is 11.3. The minimum Gasteiger partial charge on any atom is -0.378 e. The van der Waals surface area contributed by atoms with Gasteiger partial charge in [0.25, 0.3) is 5.91 Å². The molecule has 1 N–H and O–H groups in total. The molecule has 132 valence electrons. The number of benzene rings is 1. The van der Waals surface area contributed by atoms with Crippen LogP contribution in [0.2, 0.25) is 0 Å². The van der Waals surface area contributed by atoms with Crippen molar-refractivity contribution in [3.63, 3.8) is 0 Å². The molecule has 2 heterocycles. The molecule has 0 saturated carbocycles. The van der Waals surface area contributed by atoms with Gasteiger partial charge in [0.05, 0.1) is 39.6 Å². The summed E-state index contributed by atoms with van der Waals surface area (Å²) in [6.07, 6.45) is 0. The van der Waals surface area contributed by atoms with Gasteiger partial charge < -0.3 is 24.2 Å². The Labute approximate surface area is 146 Å². The molecule has 0 bridgehead atoms. The van der Waals surface area contributed by atoms with E-state index < -0.39 is 5.72 Å². The monoisotopic (exact) mass is 353 g/mol. The maximum atomic E-state index is 12.7. The lowest BCUT2D eigenvalue weighted by atomic mass is 10.0. The molecular weight excluding hydrogens is 330 g/mol. The number of hydrogen-bond acceptors (Lipinski definition) is 6. The number of carbonyl (C=O) groups is 1. The van der Waals surface area contributed by atoms with Crippen molar-refractivity contribution in [1.82, 2.24) is 4.90 Å². The molecule has 2 aliphatic heterocycles. The van der Waals surface area contributed by atoms with Gasteiger partial charge in [-0.2, -0.15) is 11.8 Å². The average molecular weight is 353 g/mol. The number of aliphatic hydroxyl groups is 1. The van der Waals surface area contributed by atoms with Crippen LogP contribution in [0.1, 0.15) is 15.9 Å². The summed E-state index contributed by atoms with van der Waals surface area (Å²) in [6, 6.07) is 7.27. The zero-order valence-electron chi connectivity index (χ0n) is 13.6. The highest BCUT2D eigenvalue weighted by molar-refractivity contribution is 7.99. The van der Waals surface area contributed by atoms with Crippen molar-refractivity contribution in [3.05, 3.63) is 35.4 Å². The first kappa shape index (κ1) is 17.7. The Bertz CT molecular complexity index is 570. The molecule has 1 aromatic carbocycles. The fourth-order valence-electron chi connectivity index (χ4n) is 2.95. The molecule has 24 heavy (non-hydrogen) atoms. The Hall–Kier alpha value is -1.12. The highest BCUT2D eigenvalue weighted by atomic mass is 32.2. The van der Waals surface area contributed by atoms with Crippen LogP contribution in [0.15, 0.2) is 24.3 Å². The Morgan fingerprint density at radius 3 is 2.46 bits per heavy atom. The number of hydrogen-bond donors (Lipinski definition) is 1. The van der Waals surface area contributed by atoms with Gasteiger partial charge in [0.15, 0.2) is 5.72 Å². The third-order valence-electron chi connectivity index (χ3n) is 4.16. The van der Waals surface area contributed by atoms with E-state index in [0.717, 1.165) is 5.75 Å². The zero-order chi connectivity index (χ0) is 16.8. The van der Waals surface area contributed by atoms with Crippen LogP contribution < -0.4 is 0 Å². The Balaban J connectivity index is 1.76. The van der Waals surface area contributed by atoms with Crippen molar-refractivity contribution in [2.45, 2.75) is 5.72 Å². The van der Waals surface area contributed by atoms with Gasteiger partial charge in [-0.05, 0) is 6.07 Å². The first-order valence-electron chi connectivity index (χ1n) is 8.18. The number of rotatable bonds is 0. The molecule has 3 rings (SSSR count). The molecule has 1 unspecified atom stereocenters. The molecule has 1 fully saturated rings. The smallest absolute Gasteiger partial charge is 0.256 e. The minimum atomic E-state index is -1.29. The third-order valence-corrected chi connectivity index (χ3v) is 5.22.